The summed E-state index contributed by atoms with van der Waals surface area (Å²) >= 11 is 6.52. The first kappa shape index (κ1) is 19.1. The summed E-state index contributed by atoms with van der Waals surface area (Å²) in [5.41, 5.74) is 5.07. The monoisotopic (exact) mass is 365 g/mol. The summed E-state index contributed by atoms with van der Waals surface area (Å²) in [5, 5.41) is 0.883. The van der Waals surface area contributed by atoms with E-state index in [0.717, 1.165) is 17.2 Å². The zero-order valence-corrected chi connectivity index (χ0v) is 16.0. The van der Waals surface area contributed by atoms with Crippen LogP contribution in [-0.4, -0.2) is 14.1 Å². The zero-order chi connectivity index (χ0) is 16.4. The van der Waals surface area contributed by atoms with Gasteiger partial charge in [0.2, 0.25) is 0 Å². The molecular weight excluding hydrogens is 341 g/mol. The number of hydrogen-bond acceptors (Lipinski definition) is 1. The van der Waals surface area contributed by atoms with Gasteiger partial charge >= 0.3 is 0 Å². The van der Waals surface area contributed by atoms with E-state index in [1.54, 1.807) is 0 Å². The van der Waals surface area contributed by atoms with Gasteiger partial charge < -0.3 is 22.0 Å². The molecule has 1 atom stereocenters. The Kier molecular flexibility index (Phi) is 6.56. The van der Waals surface area contributed by atoms with Crippen molar-refractivity contribution in [2.75, 3.05) is 14.1 Å². The van der Waals surface area contributed by atoms with Gasteiger partial charge in [-0.2, -0.15) is 0 Å². The normalized spacial score (nSPS) is 16.5. The minimum atomic E-state index is 0. The average molecular weight is 366 g/mol. The van der Waals surface area contributed by atoms with E-state index in [4.69, 9.17) is 16.3 Å². The Balaban J connectivity index is 0.00000208. The number of fused-ring (bicyclic) bond motifs is 1. The molecule has 1 unspecified atom stereocenters. The Morgan fingerprint density at radius 2 is 1.83 bits per heavy atom. The van der Waals surface area contributed by atoms with Crippen molar-refractivity contribution in [1.82, 2.24) is 0 Å². The first-order chi connectivity index (χ1) is 11.1. The Bertz CT molecular complexity index is 683. The lowest BCUT2D eigenvalue weighted by Crippen LogP contribution is -3.06. The molecule has 0 bridgehead atoms. The Morgan fingerprint density at radius 1 is 1.12 bits per heavy atom. The van der Waals surface area contributed by atoms with Crippen molar-refractivity contribution in [1.29, 1.82) is 0 Å². The lowest BCUT2D eigenvalue weighted by Gasteiger charge is -2.30. The molecule has 0 fully saturated rings. The fraction of sp³-hybridized carbons (Fsp3) is 0.400. The maximum atomic E-state index is 6.52. The highest BCUT2D eigenvalue weighted by Gasteiger charge is 2.29. The molecule has 2 aromatic carbocycles. The molecule has 1 N–H and O–H groups in total. The van der Waals surface area contributed by atoms with Gasteiger partial charge in [-0.3, -0.25) is 0 Å². The summed E-state index contributed by atoms with van der Waals surface area (Å²) < 4.78 is 6.15. The standard InChI is InChI=1S/C20H24ClNO.ClH/c1-14-7-9-15(10-8-14)13-23-19-12-11-17(21)20-16(19)5-4-6-18(20)22(2)3;/h7-12,18H,4-6,13H2,1-3H3;1H. The number of quaternary nitrogens is 1. The number of benzene rings is 2. The largest absolute Gasteiger partial charge is 1.00 e. The molecule has 4 heteroatoms. The van der Waals surface area contributed by atoms with Crippen LogP contribution in [0.2, 0.25) is 5.02 Å². The van der Waals surface area contributed by atoms with Gasteiger partial charge in [-0.15, -0.1) is 0 Å². The number of nitrogens with one attached hydrogen (secondary N) is 1. The number of ether oxygens (including phenoxy) is 1. The fourth-order valence-electron chi connectivity index (χ4n) is 3.44. The molecule has 0 spiro atoms. The second-order valence-electron chi connectivity index (χ2n) is 6.73. The molecule has 0 aromatic heterocycles. The van der Waals surface area contributed by atoms with E-state index in [-0.39, 0.29) is 12.4 Å². The van der Waals surface area contributed by atoms with Crippen molar-refractivity contribution < 1.29 is 22.0 Å². The van der Waals surface area contributed by atoms with Crippen molar-refractivity contribution in [2.45, 2.75) is 38.8 Å². The van der Waals surface area contributed by atoms with E-state index in [1.165, 1.54) is 40.0 Å². The number of hydrogen-bond donors (Lipinski definition) is 1. The third-order valence-electron chi connectivity index (χ3n) is 4.74. The Hall–Kier alpha value is -1.22. The van der Waals surface area contributed by atoms with Gasteiger partial charge in [-0.1, -0.05) is 41.4 Å². The van der Waals surface area contributed by atoms with Crippen LogP contribution >= 0.6 is 11.6 Å². The van der Waals surface area contributed by atoms with E-state index in [9.17, 15) is 0 Å². The van der Waals surface area contributed by atoms with Crippen LogP contribution in [0.1, 0.15) is 41.1 Å². The maximum absolute atomic E-state index is 6.52. The van der Waals surface area contributed by atoms with Crippen molar-refractivity contribution in [3.05, 3.63) is 63.7 Å². The van der Waals surface area contributed by atoms with Crippen LogP contribution in [0.5, 0.6) is 5.75 Å². The highest BCUT2D eigenvalue weighted by Crippen LogP contribution is 2.38. The smallest absolute Gasteiger partial charge is 0.123 e. The quantitative estimate of drug-likeness (QED) is 0.844. The molecule has 0 amide bonds. The molecule has 3 rings (SSSR count). The van der Waals surface area contributed by atoms with Crippen LogP contribution in [0.25, 0.3) is 0 Å². The first-order valence-electron chi connectivity index (χ1n) is 8.36. The molecule has 0 saturated heterocycles. The summed E-state index contributed by atoms with van der Waals surface area (Å²) in [4.78, 5) is 1.43. The van der Waals surface area contributed by atoms with Gasteiger partial charge in [0.15, 0.2) is 0 Å². The van der Waals surface area contributed by atoms with Crippen LogP contribution < -0.4 is 22.0 Å². The average Bonchev–Trinajstić information content (AvgIpc) is 2.55. The highest BCUT2D eigenvalue weighted by molar-refractivity contribution is 6.31. The first-order valence-corrected chi connectivity index (χ1v) is 8.73. The van der Waals surface area contributed by atoms with Crippen LogP contribution in [-0.2, 0) is 13.0 Å². The second kappa shape index (κ2) is 8.24. The fourth-order valence-corrected chi connectivity index (χ4v) is 3.74. The van der Waals surface area contributed by atoms with Crippen LogP contribution in [0, 0.1) is 6.92 Å². The molecule has 2 aromatic rings. The SMILES string of the molecule is Cc1ccc(COc2ccc(Cl)c3c2CCCC3[NH+](C)C)cc1.[Cl-]. The highest BCUT2D eigenvalue weighted by atomic mass is 35.5. The van der Waals surface area contributed by atoms with Gasteiger partial charge in [0, 0.05) is 17.5 Å². The minimum absolute atomic E-state index is 0. The molecule has 0 heterocycles. The van der Waals surface area contributed by atoms with E-state index in [0.29, 0.717) is 12.6 Å². The summed E-state index contributed by atoms with van der Waals surface area (Å²) in [6, 6.07) is 13.0. The van der Waals surface area contributed by atoms with E-state index >= 15 is 0 Å². The number of halogens is 2. The van der Waals surface area contributed by atoms with Gasteiger partial charge in [0.05, 0.1) is 19.1 Å². The molecule has 0 saturated carbocycles. The van der Waals surface area contributed by atoms with Crippen LogP contribution in [0.15, 0.2) is 36.4 Å². The molecular formula is C20H25Cl2NO. The zero-order valence-electron chi connectivity index (χ0n) is 14.5. The molecule has 0 radical (unpaired) electrons. The third-order valence-corrected chi connectivity index (χ3v) is 5.07. The minimum Gasteiger partial charge on any atom is -1.00 e. The van der Waals surface area contributed by atoms with Crippen LogP contribution in [0.4, 0.5) is 0 Å². The molecule has 2 nitrogen and oxygen atoms in total. The van der Waals surface area contributed by atoms with Gasteiger partial charge in [0.25, 0.3) is 0 Å². The summed E-state index contributed by atoms with van der Waals surface area (Å²) in [7, 11) is 4.41. The van der Waals surface area contributed by atoms with E-state index in [1.807, 2.05) is 12.1 Å². The van der Waals surface area contributed by atoms with Gasteiger partial charge in [-0.25, -0.2) is 0 Å². The third kappa shape index (κ3) is 4.05. The molecule has 1 aliphatic carbocycles. The summed E-state index contributed by atoms with van der Waals surface area (Å²) in [6.45, 7) is 2.71. The summed E-state index contributed by atoms with van der Waals surface area (Å²) in [5.74, 6) is 0.996. The van der Waals surface area contributed by atoms with E-state index in [2.05, 4.69) is 45.3 Å². The lowest BCUT2D eigenvalue weighted by molar-refractivity contribution is -0.893. The topological polar surface area (TPSA) is 13.7 Å². The molecule has 0 aliphatic heterocycles. The molecule has 24 heavy (non-hydrogen) atoms. The molecule has 1 aliphatic rings. The van der Waals surface area contributed by atoms with Crippen LogP contribution in [0.3, 0.4) is 0 Å². The summed E-state index contributed by atoms with van der Waals surface area (Å²) in [6.07, 6.45) is 3.45. The predicted octanol–water partition coefficient (Wildman–Crippen LogP) is 0.753. The Labute approximate surface area is 156 Å². The number of rotatable bonds is 4. The van der Waals surface area contributed by atoms with Gasteiger partial charge in [-0.05, 0) is 37.5 Å². The van der Waals surface area contributed by atoms with Crippen molar-refractivity contribution in [3.63, 3.8) is 0 Å². The predicted molar refractivity (Wildman–Crippen MR) is 95.5 cm³/mol. The molecule has 130 valence electrons. The van der Waals surface area contributed by atoms with Crippen molar-refractivity contribution in [3.8, 4) is 5.75 Å². The van der Waals surface area contributed by atoms with Crippen molar-refractivity contribution in [2.24, 2.45) is 0 Å². The van der Waals surface area contributed by atoms with E-state index < -0.39 is 0 Å². The second-order valence-corrected chi connectivity index (χ2v) is 7.14. The lowest BCUT2D eigenvalue weighted by atomic mass is 9.86. The van der Waals surface area contributed by atoms with Gasteiger partial charge in [0.1, 0.15) is 18.4 Å². The maximum Gasteiger partial charge on any atom is 0.123 e. The Morgan fingerprint density at radius 3 is 2.50 bits per heavy atom. The number of aryl methyl sites for hydroxylation is 1. The van der Waals surface area contributed by atoms with Crippen molar-refractivity contribution >= 4 is 11.6 Å².